The highest BCUT2D eigenvalue weighted by atomic mass is 32.2. The predicted molar refractivity (Wildman–Crippen MR) is 100.0 cm³/mol. The Kier molecular flexibility index (Phi) is 7.28. The largest absolute Gasteiger partial charge is 0.359 e. The van der Waals surface area contributed by atoms with E-state index in [2.05, 4.69) is 16.2 Å². The molecule has 1 aromatic carbocycles. The molecule has 0 atom stereocenters. The summed E-state index contributed by atoms with van der Waals surface area (Å²) in [5, 5.41) is 0. The number of aryl methyl sites for hydroxylation is 1. The Balaban J connectivity index is 2.19. The maximum atomic E-state index is 12.7. The molecule has 0 N–H and O–H groups in total. The van der Waals surface area contributed by atoms with Gasteiger partial charge in [0.05, 0.1) is 4.90 Å². The highest BCUT2D eigenvalue weighted by molar-refractivity contribution is 7.90. The van der Waals surface area contributed by atoms with Gasteiger partial charge in [0.2, 0.25) is 0 Å². The van der Waals surface area contributed by atoms with Gasteiger partial charge in [-0.05, 0) is 44.7 Å². The van der Waals surface area contributed by atoms with Crippen molar-refractivity contribution in [1.29, 1.82) is 0 Å². The van der Waals surface area contributed by atoms with Crippen LogP contribution in [0.3, 0.4) is 0 Å². The van der Waals surface area contributed by atoms with Crippen molar-refractivity contribution >= 4 is 15.9 Å². The van der Waals surface area contributed by atoms with Gasteiger partial charge < -0.3 is 4.90 Å². The fraction of sp³-hybridized carbons (Fsp3) is 0.632. The van der Waals surface area contributed by atoms with Crippen LogP contribution in [0.2, 0.25) is 0 Å². The summed E-state index contributed by atoms with van der Waals surface area (Å²) >= 11 is 0. The van der Waals surface area contributed by atoms with Gasteiger partial charge in [-0.2, -0.15) is 8.42 Å². The third-order valence-corrected chi connectivity index (χ3v) is 5.84. The first kappa shape index (κ1) is 19.0. The van der Waals surface area contributed by atoms with E-state index in [1.165, 1.54) is 19.3 Å². The zero-order valence-electron chi connectivity index (χ0n) is 15.0. The molecule has 4 nitrogen and oxygen atoms in total. The molecule has 1 aromatic rings. The molecule has 0 amide bonds. The van der Waals surface area contributed by atoms with E-state index in [1.807, 2.05) is 19.1 Å². The number of amidine groups is 1. The number of likely N-dealkylation sites (tertiary alicyclic amines) is 1. The van der Waals surface area contributed by atoms with Crippen LogP contribution in [0.1, 0.15) is 63.9 Å². The van der Waals surface area contributed by atoms with Crippen molar-refractivity contribution in [2.75, 3.05) is 13.1 Å². The van der Waals surface area contributed by atoms with Crippen molar-refractivity contribution in [3.8, 4) is 0 Å². The van der Waals surface area contributed by atoms with Crippen LogP contribution >= 0.6 is 0 Å². The molecule has 0 saturated carbocycles. The van der Waals surface area contributed by atoms with Crippen LogP contribution in [0.5, 0.6) is 0 Å². The Morgan fingerprint density at radius 1 is 1.04 bits per heavy atom. The zero-order valence-corrected chi connectivity index (χ0v) is 15.8. The topological polar surface area (TPSA) is 49.7 Å². The zero-order chi connectivity index (χ0) is 17.4. The van der Waals surface area contributed by atoms with Crippen molar-refractivity contribution in [1.82, 2.24) is 4.90 Å². The number of sulfonamides is 1. The molecule has 0 aliphatic carbocycles. The van der Waals surface area contributed by atoms with Gasteiger partial charge in [-0.1, -0.05) is 43.9 Å². The van der Waals surface area contributed by atoms with E-state index in [0.717, 1.165) is 56.6 Å². The lowest BCUT2D eigenvalue weighted by molar-refractivity contribution is 0.335. The molecule has 1 aliphatic rings. The monoisotopic (exact) mass is 350 g/mol. The van der Waals surface area contributed by atoms with E-state index in [-0.39, 0.29) is 4.90 Å². The van der Waals surface area contributed by atoms with Crippen LogP contribution in [0.15, 0.2) is 33.6 Å². The summed E-state index contributed by atoms with van der Waals surface area (Å²) in [7, 11) is -3.62. The van der Waals surface area contributed by atoms with Crippen LogP contribution in [0, 0.1) is 6.92 Å². The first-order chi connectivity index (χ1) is 11.5. The molecule has 1 aliphatic heterocycles. The van der Waals surface area contributed by atoms with Crippen LogP contribution in [0.25, 0.3) is 0 Å². The Morgan fingerprint density at radius 3 is 2.33 bits per heavy atom. The van der Waals surface area contributed by atoms with Crippen molar-refractivity contribution in [2.45, 2.75) is 70.1 Å². The second-order valence-corrected chi connectivity index (χ2v) is 8.26. The van der Waals surface area contributed by atoms with Crippen LogP contribution < -0.4 is 0 Å². The van der Waals surface area contributed by atoms with Gasteiger partial charge in [0.15, 0.2) is 0 Å². The fourth-order valence-electron chi connectivity index (χ4n) is 3.03. The van der Waals surface area contributed by atoms with Crippen molar-refractivity contribution < 1.29 is 8.42 Å². The summed E-state index contributed by atoms with van der Waals surface area (Å²) in [6, 6.07) is 6.95. The Bertz CT molecular complexity index is 630. The number of benzene rings is 1. The minimum Gasteiger partial charge on any atom is -0.359 e. The SMILES string of the molecule is CCCCCC/C(=N/S(=O)(=O)c1ccc(C)cc1)N1CCCCC1. The van der Waals surface area contributed by atoms with E-state index < -0.39 is 10.0 Å². The molecule has 0 bridgehead atoms. The number of rotatable bonds is 7. The van der Waals surface area contributed by atoms with Crippen molar-refractivity contribution in [2.24, 2.45) is 4.40 Å². The van der Waals surface area contributed by atoms with Crippen LogP contribution in [-0.4, -0.2) is 32.2 Å². The van der Waals surface area contributed by atoms with E-state index in [4.69, 9.17) is 0 Å². The first-order valence-electron chi connectivity index (χ1n) is 9.18. The predicted octanol–water partition coefficient (Wildman–Crippen LogP) is 4.54. The average Bonchev–Trinajstić information content (AvgIpc) is 2.59. The lowest BCUT2D eigenvalue weighted by Crippen LogP contribution is -2.36. The highest BCUT2D eigenvalue weighted by Gasteiger charge is 2.19. The molecule has 134 valence electrons. The Hall–Kier alpha value is -1.36. The normalized spacial score (nSPS) is 16.4. The Labute approximate surface area is 147 Å². The molecule has 0 spiro atoms. The van der Waals surface area contributed by atoms with Gasteiger partial charge in [-0.25, -0.2) is 0 Å². The molecule has 24 heavy (non-hydrogen) atoms. The summed E-state index contributed by atoms with van der Waals surface area (Å²) < 4.78 is 29.6. The summed E-state index contributed by atoms with van der Waals surface area (Å²) in [6.07, 6.45) is 8.74. The molecule has 1 fully saturated rings. The summed E-state index contributed by atoms with van der Waals surface area (Å²) in [4.78, 5) is 2.47. The third-order valence-electron chi connectivity index (χ3n) is 4.52. The fourth-order valence-corrected chi connectivity index (χ4v) is 4.09. The second kappa shape index (κ2) is 9.21. The maximum absolute atomic E-state index is 12.7. The van der Waals surface area contributed by atoms with Gasteiger partial charge in [-0.15, -0.1) is 4.40 Å². The van der Waals surface area contributed by atoms with Crippen LogP contribution in [0.4, 0.5) is 0 Å². The van der Waals surface area contributed by atoms with Gasteiger partial charge in [0.1, 0.15) is 5.84 Å². The van der Waals surface area contributed by atoms with E-state index in [1.54, 1.807) is 12.1 Å². The standard InChI is InChI=1S/C19H30N2O2S/c1-3-4-5-7-10-19(21-15-8-6-9-16-21)20-24(22,23)18-13-11-17(2)12-14-18/h11-14H,3-10,15-16H2,1-2H3/b20-19-. The molecule has 1 saturated heterocycles. The molecule has 5 heteroatoms. The smallest absolute Gasteiger partial charge is 0.283 e. The summed E-state index contributed by atoms with van der Waals surface area (Å²) in [5.74, 6) is 0.756. The minimum absolute atomic E-state index is 0.288. The number of nitrogens with zero attached hydrogens (tertiary/aromatic N) is 2. The lowest BCUT2D eigenvalue weighted by Gasteiger charge is -2.29. The number of hydrogen-bond acceptors (Lipinski definition) is 2. The lowest BCUT2D eigenvalue weighted by atomic mass is 10.1. The number of unbranched alkanes of at least 4 members (excludes halogenated alkanes) is 3. The van der Waals surface area contributed by atoms with Gasteiger partial charge >= 0.3 is 0 Å². The summed E-state index contributed by atoms with van der Waals surface area (Å²) in [5.41, 5.74) is 1.05. The quantitative estimate of drug-likeness (QED) is 0.412. The summed E-state index contributed by atoms with van der Waals surface area (Å²) in [6.45, 7) is 5.99. The average molecular weight is 351 g/mol. The van der Waals surface area contributed by atoms with E-state index in [0.29, 0.717) is 0 Å². The molecule has 0 radical (unpaired) electrons. The third kappa shape index (κ3) is 5.62. The van der Waals surface area contributed by atoms with Gasteiger partial charge in [-0.3, -0.25) is 0 Å². The van der Waals surface area contributed by atoms with Crippen LogP contribution in [-0.2, 0) is 10.0 Å². The molecule has 2 rings (SSSR count). The molecule has 0 aromatic heterocycles. The second-order valence-electron chi connectivity index (χ2n) is 6.65. The van der Waals surface area contributed by atoms with Gasteiger partial charge in [0, 0.05) is 19.5 Å². The minimum atomic E-state index is -3.62. The maximum Gasteiger partial charge on any atom is 0.283 e. The van der Waals surface area contributed by atoms with E-state index in [9.17, 15) is 8.42 Å². The van der Waals surface area contributed by atoms with Crippen molar-refractivity contribution in [3.05, 3.63) is 29.8 Å². The Morgan fingerprint density at radius 2 is 1.71 bits per heavy atom. The first-order valence-corrected chi connectivity index (χ1v) is 10.6. The molecular formula is C19H30N2O2S. The number of piperidine rings is 1. The molecule has 1 heterocycles. The molecular weight excluding hydrogens is 320 g/mol. The van der Waals surface area contributed by atoms with Crippen molar-refractivity contribution in [3.63, 3.8) is 0 Å². The van der Waals surface area contributed by atoms with Gasteiger partial charge in [0.25, 0.3) is 10.0 Å². The molecule has 0 unspecified atom stereocenters. The van der Waals surface area contributed by atoms with E-state index >= 15 is 0 Å². The highest BCUT2D eigenvalue weighted by Crippen LogP contribution is 2.18. The number of hydrogen-bond donors (Lipinski definition) is 0.